The Morgan fingerprint density at radius 3 is 2.62 bits per heavy atom. The highest BCUT2D eigenvalue weighted by Crippen LogP contribution is 2.24. The van der Waals surface area contributed by atoms with E-state index < -0.39 is 0 Å². The Bertz CT molecular complexity index is 730. The van der Waals surface area contributed by atoms with Crippen molar-refractivity contribution in [3.8, 4) is 0 Å². The third-order valence-corrected chi connectivity index (χ3v) is 5.78. The molecule has 1 amide bonds. The van der Waals surface area contributed by atoms with Gasteiger partial charge < -0.3 is 14.2 Å². The smallest absolute Gasteiger partial charge is 0.257 e. The number of amides is 1. The highest BCUT2D eigenvalue weighted by atomic mass is 79.9. The van der Waals surface area contributed by atoms with Gasteiger partial charge >= 0.3 is 0 Å². The summed E-state index contributed by atoms with van der Waals surface area (Å²) in [7, 11) is 0. The van der Waals surface area contributed by atoms with Gasteiger partial charge in [0.15, 0.2) is 0 Å². The van der Waals surface area contributed by atoms with E-state index in [-0.39, 0.29) is 5.91 Å². The summed E-state index contributed by atoms with van der Waals surface area (Å²) in [6.07, 6.45) is 11.7. The minimum Gasteiger partial charge on any atom is -0.338 e. The van der Waals surface area contributed by atoms with Crippen molar-refractivity contribution in [1.82, 2.24) is 19.2 Å². The first kappa shape index (κ1) is 16.1. The molecule has 24 heavy (non-hydrogen) atoms. The molecule has 2 aromatic rings. The molecule has 0 bridgehead atoms. The number of nitrogens with zero attached hydrogens (tertiary/aromatic N) is 4. The Hall–Kier alpha value is -1.40. The summed E-state index contributed by atoms with van der Waals surface area (Å²) in [5.74, 6) is 0.101. The summed E-state index contributed by atoms with van der Waals surface area (Å²) >= 11 is 3.50. The van der Waals surface area contributed by atoms with E-state index in [1.165, 1.54) is 32.4 Å². The van der Waals surface area contributed by atoms with Gasteiger partial charge in [0.2, 0.25) is 0 Å². The Kier molecular flexibility index (Phi) is 4.59. The van der Waals surface area contributed by atoms with Crippen LogP contribution in [0, 0.1) is 0 Å². The van der Waals surface area contributed by atoms with Crippen LogP contribution >= 0.6 is 15.9 Å². The molecule has 5 nitrogen and oxygen atoms in total. The molecule has 2 saturated heterocycles. The Labute approximate surface area is 150 Å². The van der Waals surface area contributed by atoms with Crippen LogP contribution in [0.4, 0.5) is 0 Å². The lowest BCUT2D eigenvalue weighted by atomic mass is 9.99. The normalized spacial score (nSPS) is 20.6. The Balaban J connectivity index is 1.46. The first-order chi connectivity index (χ1) is 11.7. The number of aromatic nitrogens is 2. The molecular weight excluding hydrogens is 368 g/mol. The minimum absolute atomic E-state index is 0.101. The van der Waals surface area contributed by atoms with Crippen molar-refractivity contribution >= 4 is 27.5 Å². The predicted molar refractivity (Wildman–Crippen MR) is 97.2 cm³/mol. The van der Waals surface area contributed by atoms with Crippen LogP contribution in [0.1, 0.15) is 42.5 Å². The maximum Gasteiger partial charge on any atom is 0.257 e. The van der Waals surface area contributed by atoms with E-state index in [1.807, 2.05) is 27.8 Å². The number of pyridine rings is 1. The summed E-state index contributed by atoms with van der Waals surface area (Å²) in [6, 6.07) is 2.55. The van der Waals surface area contributed by atoms with Gasteiger partial charge in [0.25, 0.3) is 5.91 Å². The number of hydrogen-bond acceptors (Lipinski definition) is 3. The lowest BCUT2D eigenvalue weighted by Gasteiger charge is -2.40. The number of imidazole rings is 1. The van der Waals surface area contributed by atoms with Crippen molar-refractivity contribution in [2.24, 2.45) is 0 Å². The van der Waals surface area contributed by atoms with Crippen LogP contribution in [0.25, 0.3) is 5.65 Å². The molecule has 0 aromatic carbocycles. The topological polar surface area (TPSA) is 40.9 Å². The van der Waals surface area contributed by atoms with E-state index in [9.17, 15) is 4.79 Å². The molecule has 2 aliphatic rings. The van der Waals surface area contributed by atoms with Crippen molar-refractivity contribution < 1.29 is 4.79 Å². The van der Waals surface area contributed by atoms with Gasteiger partial charge in [-0.3, -0.25) is 4.79 Å². The zero-order valence-corrected chi connectivity index (χ0v) is 15.4. The lowest BCUT2D eigenvalue weighted by Crippen LogP contribution is -2.48. The van der Waals surface area contributed by atoms with Crippen LogP contribution < -0.4 is 0 Å². The fraction of sp³-hybridized carbons (Fsp3) is 0.556. The van der Waals surface area contributed by atoms with Crippen LogP contribution in [-0.2, 0) is 0 Å². The molecule has 0 unspecified atom stereocenters. The van der Waals surface area contributed by atoms with Crippen molar-refractivity contribution in [1.29, 1.82) is 0 Å². The van der Waals surface area contributed by atoms with E-state index >= 15 is 0 Å². The van der Waals surface area contributed by atoms with Gasteiger partial charge in [-0.05, 0) is 60.8 Å². The number of carbonyl (C=O) groups is 1. The second-order valence-corrected chi connectivity index (χ2v) is 7.77. The maximum atomic E-state index is 13.0. The van der Waals surface area contributed by atoms with Crippen LogP contribution in [0.15, 0.2) is 29.1 Å². The number of hydrogen-bond donors (Lipinski definition) is 0. The standard InChI is InChI=1S/C18H23BrN4O/c19-14-12-16(17-20-6-11-23(17)13-14)18(24)22-9-4-15(5-10-22)21-7-2-1-3-8-21/h6,11-13,15H,1-5,7-10H2. The number of likely N-dealkylation sites (tertiary alicyclic amines) is 2. The summed E-state index contributed by atoms with van der Waals surface area (Å²) in [4.78, 5) is 22.0. The van der Waals surface area contributed by atoms with Gasteiger partial charge in [-0.2, -0.15) is 0 Å². The predicted octanol–water partition coefficient (Wildman–Crippen LogP) is 3.19. The summed E-state index contributed by atoms with van der Waals surface area (Å²) in [5, 5.41) is 0. The summed E-state index contributed by atoms with van der Waals surface area (Å²) in [5.41, 5.74) is 1.42. The monoisotopic (exact) mass is 390 g/mol. The van der Waals surface area contributed by atoms with Crippen molar-refractivity contribution in [3.05, 3.63) is 34.7 Å². The Morgan fingerprint density at radius 2 is 1.88 bits per heavy atom. The highest BCUT2D eigenvalue weighted by Gasteiger charge is 2.29. The molecule has 2 aliphatic heterocycles. The largest absolute Gasteiger partial charge is 0.338 e. The molecule has 0 spiro atoms. The average molecular weight is 391 g/mol. The van der Waals surface area contributed by atoms with E-state index in [4.69, 9.17) is 0 Å². The number of rotatable bonds is 2. The second-order valence-electron chi connectivity index (χ2n) is 6.85. The molecule has 0 aliphatic carbocycles. The van der Waals surface area contributed by atoms with Gasteiger partial charge in [0.1, 0.15) is 5.65 Å². The average Bonchev–Trinajstić information content (AvgIpc) is 3.09. The zero-order valence-electron chi connectivity index (χ0n) is 13.8. The fourth-order valence-corrected chi connectivity index (χ4v) is 4.49. The highest BCUT2D eigenvalue weighted by molar-refractivity contribution is 9.10. The van der Waals surface area contributed by atoms with E-state index in [1.54, 1.807) is 6.20 Å². The summed E-state index contributed by atoms with van der Waals surface area (Å²) in [6.45, 7) is 4.16. The molecule has 0 radical (unpaired) electrons. The number of carbonyl (C=O) groups excluding carboxylic acids is 1. The molecule has 6 heteroatoms. The number of halogens is 1. The van der Waals surface area contributed by atoms with Crippen LogP contribution in [-0.4, -0.2) is 57.3 Å². The third-order valence-electron chi connectivity index (χ3n) is 5.34. The Morgan fingerprint density at radius 1 is 1.12 bits per heavy atom. The lowest BCUT2D eigenvalue weighted by molar-refractivity contribution is 0.0591. The van der Waals surface area contributed by atoms with E-state index in [0.29, 0.717) is 11.6 Å². The fourth-order valence-electron chi connectivity index (χ4n) is 4.04. The van der Waals surface area contributed by atoms with Crippen molar-refractivity contribution in [2.75, 3.05) is 26.2 Å². The first-order valence-corrected chi connectivity index (χ1v) is 9.67. The molecular formula is C18H23BrN4O. The van der Waals surface area contributed by atoms with Crippen molar-refractivity contribution in [3.63, 3.8) is 0 Å². The second kappa shape index (κ2) is 6.84. The molecule has 2 aromatic heterocycles. The van der Waals surface area contributed by atoms with Gasteiger partial charge in [-0.25, -0.2) is 4.98 Å². The minimum atomic E-state index is 0.101. The first-order valence-electron chi connectivity index (χ1n) is 8.88. The van der Waals surface area contributed by atoms with Crippen molar-refractivity contribution in [2.45, 2.75) is 38.1 Å². The number of fused-ring (bicyclic) bond motifs is 1. The molecule has 4 rings (SSSR count). The molecule has 0 saturated carbocycles. The molecule has 2 fully saturated rings. The molecule has 128 valence electrons. The molecule has 4 heterocycles. The quantitative estimate of drug-likeness (QED) is 0.790. The van der Waals surface area contributed by atoms with Crippen LogP contribution in [0.5, 0.6) is 0 Å². The van der Waals surface area contributed by atoms with E-state index in [0.717, 1.165) is 36.1 Å². The summed E-state index contributed by atoms with van der Waals surface area (Å²) < 4.78 is 2.80. The zero-order chi connectivity index (χ0) is 16.5. The van der Waals surface area contributed by atoms with E-state index in [2.05, 4.69) is 25.8 Å². The third kappa shape index (κ3) is 3.09. The van der Waals surface area contributed by atoms with Gasteiger partial charge in [-0.1, -0.05) is 6.42 Å². The molecule has 0 atom stereocenters. The maximum absolute atomic E-state index is 13.0. The molecule has 0 N–H and O–H groups in total. The SMILES string of the molecule is O=C(c1cc(Br)cn2ccnc12)N1CCC(N2CCCCC2)CC1. The van der Waals surface area contributed by atoms with Gasteiger partial charge in [0, 0.05) is 42.2 Å². The van der Waals surface area contributed by atoms with Gasteiger partial charge in [-0.15, -0.1) is 0 Å². The van der Waals surface area contributed by atoms with Crippen LogP contribution in [0.3, 0.4) is 0 Å². The van der Waals surface area contributed by atoms with Crippen LogP contribution in [0.2, 0.25) is 0 Å². The van der Waals surface area contributed by atoms with Gasteiger partial charge in [0.05, 0.1) is 5.56 Å². The number of piperidine rings is 2.